The lowest BCUT2D eigenvalue weighted by Gasteiger charge is -2.36. The van der Waals surface area contributed by atoms with Crippen LogP contribution in [0.3, 0.4) is 0 Å². The van der Waals surface area contributed by atoms with Gasteiger partial charge in [0.15, 0.2) is 5.16 Å². The van der Waals surface area contributed by atoms with E-state index >= 15 is 0 Å². The molecule has 2 fully saturated rings. The Kier molecular flexibility index (Phi) is 8.52. The molecule has 9 nitrogen and oxygen atoms in total. The summed E-state index contributed by atoms with van der Waals surface area (Å²) in [5, 5.41) is 12.0. The van der Waals surface area contributed by atoms with Crippen LogP contribution in [0.25, 0.3) is 0 Å². The van der Waals surface area contributed by atoms with Gasteiger partial charge in [0.05, 0.1) is 4.92 Å². The number of carbonyl (C=O) groups excluding carboxylic acids is 1. The summed E-state index contributed by atoms with van der Waals surface area (Å²) in [5.74, 6) is 2.25. The van der Waals surface area contributed by atoms with Gasteiger partial charge in [0.25, 0.3) is 11.6 Å². The van der Waals surface area contributed by atoms with Crippen molar-refractivity contribution in [2.75, 3.05) is 49.1 Å². The van der Waals surface area contributed by atoms with Crippen molar-refractivity contribution in [1.82, 2.24) is 14.9 Å². The van der Waals surface area contributed by atoms with E-state index in [9.17, 15) is 14.9 Å². The molecular weight excluding hydrogens is 536 g/mol. The monoisotopic (exact) mass is 566 g/mol. The zero-order chi connectivity index (χ0) is 27.4. The second kappa shape index (κ2) is 12.2. The molecule has 1 amide bonds. The largest absolute Gasteiger partial charge is 0.368 e. The number of nitro benzene ring substituents is 1. The molecule has 1 aromatic heterocycles. The Morgan fingerprint density at radius 2 is 1.72 bits per heavy atom. The van der Waals surface area contributed by atoms with E-state index in [2.05, 4.69) is 21.7 Å². The number of anilines is 2. The van der Waals surface area contributed by atoms with Crippen LogP contribution >= 0.6 is 23.4 Å². The van der Waals surface area contributed by atoms with Crippen LogP contribution in [0.1, 0.15) is 35.7 Å². The van der Waals surface area contributed by atoms with Gasteiger partial charge in [0.2, 0.25) is 0 Å². The molecule has 11 heteroatoms. The number of thioether (sulfide) groups is 1. The van der Waals surface area contributed by atoms with Gasteiger partial charge in [-0.25, -0.2) is 9.97 Å². The highest BCUT2D eigenvalue weighted by molar-refractivity contribution is 7.98. The highest BCUT2D eigenvalue weighted by Gasteiger charge is 2.23. The molecule has 0 saturated carbocycles. The van der Waals surface area contributed by atoms with Gasteiger partial charge in [-0.05, 0) is 48.6 Å². The molecule has 5 rings (SSSR count). The Morgan fingerprint density at radius 3 is 2.41 bits per heavy atom. The van der Waals surface area contributed by atoms with E-state index in [1.165, 1.54) is 23.9 Å². The number of hydrogen-bond acceptors (Lipinski definition) is 8. The van der Waals surface area contributed by atoms with E-state index in [1.807, 2.05) is 35.2 Å². The second-order valence-electron chi connectivity index (χ2n) is 10.0. The maximum absolute atomic E-state index is 13.3. The van der Waals surface area contributed by atoms with E-state index in [0.717, 1.165) is 48.9 Å². The summed E-state index contributed by atoms with van der Waals surface area (Å²) in [5.41, 5.74) is 2.68. The first-order valence-electron chi connectivity index (χ1n) is 13.2. The number of benzene rings is 2. The highest BCUT2D eigenvalue weighted by atomic mass is 35.5. The lowest BCUT2D eigenvalue weighted by Crippen LogP contribution is -2.48. The number of halogens is 1. The van der Waals surface area contributed by atoms with Gasteiger partial charge < -0.3 is 14.7 Å². The van der Waals surface area contributed by atoms with Crippen LogP contribution < -0.4 is 9.80 Å². The molecule has 0 aliphatic carbocycles. The quantitative estimate of drug-likeness (QED) is 0.121. The predicted molar refractivity (Wildman–Crippen MR) is 155 cm³/mol. The van der Waals surface area contributed by atoms with Crippen molar-refractivity contribution in [3.05, 3.63) is 81.0 Å². The Hall–Kier alpha value is -3.37. The molecule has 2 aliphatic rings. The van der Waals surface area contributed by atoms with Crippen molar-refractivity contribution in [2.45, 2.75) is 30.7 Å². The minimum absolute atomic E-state index is 0.00539. The third-order valence-corrected chi connectivity index (χ3v) is 8.41. The fraction of sp³-hybridized carbons (Fsp3) is 0.393. The fourth-order valence-electron chi connectivity index (χ4n) is 4.93. The van der Waals surface area contributed by atoms with E-state index in [0.29, 0.717) is 47.8 Å². The van der Waals surface area contributed by atoms with Gasteiger partial charge in [-0.3, -0.25) is 14.9 Å². The molecule has 0 N–H and O–H groups in total. The van der Waals surface area contributed by atoms with Gasteiger partial charge in [0.1, 0.15) is 11.0 Å². The van der Waals surface area contributed by atoms with Crippen LogP contribution in [-0.2, 0) is 5.75 Å². The summed E-state index contributed by atoms with van der Waals surface area (Å²) in [6.45, 7) is 6.75. The molecule has 0 spiro atoms. The number of hydrogen-bond donors (Lipinski definition) is 0. The molecule has 0 bridgehead atoms. The minimum atomic E-state index is -0.401. The molecule has 2 saturated heterocycles. The maximum atomic E-state index is 13.3. The molecule has 3 heterocycles. The average Bonchev–Trinajstić information content (AvgIpc) is 2.96. The molecule has 0 unspecified atom stereocenters. The number of piperidine rings is 1. The van der Waals surface area contributed by atoms with Gasteiger partial charge in [-0.1, -0.05) is 42.4 Å². The maximum Gasteiger partial charge on any atom is 0.269 e. The minimum Gasteiger partial charge on any atom is -0.368 e. The average molecular weight is 567 g/mol. The second-order valence-corrected chi connectivity index (χ2v) is 11.4. The standard InChI is InChI=1S/C28H31ClN6O3S/c1-20-9-11-33(12-10-20)26-18-25(29)30-28(31-26)39-19-21-3-2-4-22(17-21)27(36)34-15-13-32(14-16-34)23-5-7-24(8-6-23)35(37)38/h2-8,17-18,20H,9-16,19H2,1H3. The van der Waals surface area contributed by atoms with Gasteiger partial charge >= 0.3 is 0 Å². The predicted octanol–water partition coefficient (Wildman–Crippen LogP) is 5.53. The zero-order valence-corrected chi connectivity index (χ0v) is 23.4. The first-order chi connectivity index (χ1) is 18.9. The van der Waals surface area contributed by atoms with Crippen molar-refractivity contribution in [1.29, 1.82) is 0 Å². The number of rotatable bonds is 7. The lowest BCUT2D eigenvalue weighted by atomic mass is 9.99. The number of carbonyl (C=O) groups is 1. The van der Waals surface area contributed by atoms with Crippen molar-refractivity contribution in [3.63, 3.8) is 0 Å². The first kappa shape index (κ1) is 27.2. The molecular formula is C28H31ClN6O3S. The SMILES string of the molecule is CC1CCN(c2cc(Cl)nc(SCc3cccc(C(=O)N4CCN(c5ccc([N+](=O)[O-])cc5)CC4)c3)n2)CC1. The lowest BCUT2D eigenvalue weighted by molar-refractivity contribution is -0.384. The summed E-state index contributed by atoms with van der Waals surface area (Å²) >= 11 is 7.85. The van der Waals surface area contributed by atoms with Crippen LogP contribution in [0.2, 0.25) is 5.15 Å². The van der Waals surface area contributed by atoms with Crippen LogP contribution in [-0.4, -0.2) is 65.0 Å². The van der Waals surface area contributed by atoms with Gasteiger partial charge in [0, 0.05) is 74.5 Å². The number of aromatic nitrogens is 2. The third-order valence-electron chi connectivity index (χ3n) is 7.30. The van der Waals surface area contributed by atoms with E-state index in [-0.39, 0.29) is 11.6 Å². The highest BCUT2D eigenvalue weighted by Crippen LogP contribution is 2.28. The number of nitrogens with zero attached hydrogens (tertiary/aromatic N) is 6. The number of non-ortho nitro benzene ring substituents is 1. The smallest absolute Gasteiger partial charge is 0.269 e. The fourth-order valence-corrected chi connectivity index (χ4v) is 5.95. The molecule has 204 valence electrons. The molecule has 3 aromatic rings. The van der Waals surface area contributed by atoms with Crippen LogP contribution in [0.4, 0.5) is 17.2 Å². The Bertz CT molecular complexity index is 1330. The molecule has 2 aliphatic heterocycles. The van der Waals surface area contributed by atoms with Crippen LogP contribution in [0, 0.1) is 16.0 Å². The third kappa shape index (κ3) is 6.80. The van der Waals surface area contributed by atoms with Crippen molar-refractivity contribution in [3.8, 4) is 0 Å². The number of piperazine rings is 1. The molecule has 0 radical (unpaired) electrons. The normalized spacial score (nSPS) is 16.4. The Labute approximate surface area is 237 Å². The first-order valence-corrected chi connectivity index (χ1v) is 14.5. The number of nitro groups is 1. The van der Waals surface area contributed by atoms with Crippen molar-refractivity contribution < 1.29 is 9.72 Å². The summed E-state index contributed by atoms with van der Waals surface area (Å²) < 4.78 is 0. The van der Waals surface area contributed by atoms with Gasteiger partial charge in [-0.2, -0.15) is 0 Å². The summed E-state index contributed by atoms with van der Waals surface area (Å²) in [4.78, 5) is 39.2. The topological polar surface area (TPSA) is 95.7 Å². The van der Waals surface area contributed by atoms with E-state index in [1.54, 1.807) is 12.1 Å². The van der Waals surface area contributed by atoms with Crippen molar-refractivity contribution >= 4 is 46.5 Å². The van der Waals surface area contributed by atoms with Crippen LogP contribution in [0.5, 0.6) is 0 Å². The summed E-state index contributed by atoms with van der Waals surface area (Å²) in [7, 11) is 0. The number of amides is 1. The van der Waals surface area contributed by atoms with Crippen molar-refractivity contribution in [2.24, 2.45) is 5.92 Å². The molecule has 0 atom stereocenters. The Balaban J connectivity index is 1.17. The van der Waals surface area contributed by atoms with E-state index in [4.69, 9.17) is 16.6 Å². The summed E-state index contributed by atoms with van der Waals surface area (Å²) in [6.07, 6.45) is 2.30. The summed E-state index contributed by atoms with van der Waals surface area (Å²) in [6, 6.07) is 16.1. The van der Waals surface area contributed by atoms with Gasteiger partial charge in [-0.15, -0.1) is 0 Å². The molecule has 2 aromatic carbocycles. The molecule has 39 heavy (non-hydrogen) atoms. The Morgan fingerprint density at radius 1 is 1.00 bits per heavy atom. The van der Waals surface area contributed by atoms with E-state index < -0.39 is 4.92 Å². The zero-order valence-electron chi connectivity index (χ0n) is 21.8. The van der Waals surface area contributed by atoms with Crippen LogP contribution in [0.15, 0.2) is 59.8 Å².